The van der Waals surface area contributed by atoms with Gasteiger partial charge >= 0.3 is 6.09 Å². The molecule has 6 heteroatoms. The molecule has 1 saturated heterocycles. The maximum absolute atomic E-state index is 12.5. The molecule has 1 aliphatic rings. The van der Waals surface area contributed by atoms with Gasteiger partial charge in [-0.2, -0.15) is 11.8 Å². The molecule has 0 spiro atoms. The highest BCUT2D eigenvalue weighted by Crippen LogP contribution is 2.34. The van der Waals surface area contributed by atoms with Crippen LogP contribution in [0.15, 0.2) is 24.3 Å². The second-order valence-electron chi connectivity index (χ2n) is 8.42. The van der Waals surface area contributed by atoms with Crippen LogP contribution in [0, 0.1) is 0 Å². The number of carbonyl (C=O) groups is 2. The van der Waals surface area contributed by atoms with Gasteiger partial charge in [-0.05, 0) is 64.5 Å². The largest absolute Gasteiger partial charge is 0.444 e. The number of hydrogen-bond acceptors (Lipinski definition) is 4. The Bertz CT molecular complexity index is 659. The van der Waals surface area contributed by atoms with Crippen LogP contribution in [-0.2, 0) is 15.3 Å². The second-order valence-corrected chi connectivity index (χ2v) is 9.28. The van der Waals surface area contributed by atoms with Crippen LogP contribution in [0.4, 0.5) is 10.5 Å². The fourth-order valence-corrected chi connectivity index (χ4v) is 4.03. The van der Waals surface area contributed by atoms with E-state index in [1.165, 1.54) is 5.56 Å². The average Bonchev–Trinajstić information content (AvgIpc) is 2.55. The summed E-state index contributed by atoms with van der Waals surface area (Å²) in [5.41, 5.74) is 1.35. The van der Waals surface area contributed by atoms with E-state index < -0.39 is 5.60 Å². The van der Waals surface area contributed by atoms with Crippen molar-refractivity contribution < 1.29 is 14.3 Å². The molecule has 0 aromatic heterocycles. The number of thioether (sulfide) groups is 1. The molecule has 5 nitrogen and oxygen atoms in total. The number of hydrogen-bond donors (Lipinski definition) is 0. The van der Waals surface area contributed by atoms with Crippen molar-refractivity contribution >= 4 is 29.4 Å². The van der Waals surface area contributed by atoms with Gasteiger partial charge in [-0.25, -0.2) is 4.79 Å². The Labute approximate surface area is 167 Å². The molecule has 1 aromatic rings. The van der Waals surface area contributed by atoms with Crippen LogP contribution in [0.3, 0.4) is 0 Å². The van der Waals surface area contributed by atoms with Crippen molar-refractivity contribution in [2.75, 3.05) is 24.2 Å². The summed E-state index contributed by atoms with van der Waals surface area (Å²) in [5.74, 6) is 0.989. The fraction of sp³-hybridized carbons (Fsp3) is 0.619. The highest BCUT2D eigenvalue weighted by atomic mass is 32.2. The minimum Gasteiger partial charge on any atom is -0.444 e. The first-order valence-corrected chi connectivity index (χ1v) is 10.8. The summed E-state index contributed by atoms with van der Waals surface area (Å²) >= 11 is 1.78. The lowest BCUT2D eigenvalue weighted by molar-refractivity contribution is -0.118. The monoisotopic (exact) mass is 392 g/mol. The van der Waals surface area contributed by atoms with Gasteiger partial charge in [0, 0.05) is 37.0 Å². The van der Waals surface area contributed by atoms with Crippen molar-refractivity contribution in [1.29, 1.82) is 0 Å². The van der Waals surface area contributed by atoms with Gasteiger partial charge in [0.2, 0.25) is 5.91 Å². The summed E-state index contributed by atoms with van der Waals surface area (Å²) in [5, 5.41) is 0. The lowest BCUT2D eigenvalue weighted by atomic mass is 9.87. The molecular formula is C21H32N2O3S. The molecule has 2 amide bonds. The molecule has 1 fully saturated rings. The van der Waals surface area contributed by atoms with Gasteiger partial charge < -0.3 is 14.5 Å². The molecule has 0 atom stereocenters. The first-order chi connectivity index (χ1) is 12.6. The minimum absolute atomic E-state index is 0.0286. The Morgan fingerprint density at radius 1 is 1.19 bits per heavy atom. The van der Waals surface area contributed by atoms with Gasteiger partial charge in [-0.1, -0.05) is 12.1 Å². The third-order valence-electron chi connectivity index (χ3n) is 4.85. The molecule has 1 aliphatic heterocycles. The SMILES string of the molecule is CSCc1ccc(N(C(C)=O)C2(C)CCN(C(=O)OC(C)(C)C)CC2)cc1. The van der Waals surface area contributed by atoms with E-state index in [1.54, 1.807) is 23.6 Å². The standard InChI is InChI=1S/C21H32N2O3S/c1-16(24)23(18-9-7-17(8-10-18)15-27-6)21(5)11-13-22(14-12-21)19(25)26-20(2,3)4/h7-10H,11-15H2,1-6H3. The Morgan fingerprint density at radius 2 is 1.74 bits per heavy atom. The molecule has 0 bridgehead atoms. The zero-order valence-corrected chi connectivity index (χ0v) is 18.2. The summed E-state index contributed by atoms with van der Waals surface area (Å²) in [6, 6.07) is 8.22. The Morgan fingerprint density at radius 3 is 2.19 bits per heavy atom. The van der Waals surface area contributed by atoms with Crippen LogP contribution in [0.5, 0.6) is 0 Å². The number of anilines is 1. The number of carbonyl (C=O) groups excluding carboxylic acids is 2. The van der Waals surface area contributed by atoms with E-state index in [1.807, 2.05) is 37.8 Å². The quantitative estimate of drug-likeness (QED) is 0.746. The second kappa shape index (κ2) is 8.55. The van der Waals surface area contributed by atoms with Crippen molar-refractivity contribution in [3.05, 3.63) is 29.8 Å². The van der Waals surface area contributed by atoms with Gasteiger partial charge in [0.25, 0.3) is 0 Å². The summed E-state index contributed by atoms with van der Waals surface area (Å²) < 4.78 is 5.48. The summed E-state index contributed by atoms with van der Waals surface area (Å²) in [4.78, 5) is 28.4. The fourth-order valence-electron chi connectivity index (χ4n) is 3.50. The van der Waals surface area contributed by atoms with E-state index in [0.29, 0.717) is 13.1 Å². The average molecular weight is 393 g/mol. The molecule has 0 N–H and O–H groups in total. The van der Waals surface area contributed by atoms with Crippen LogP contribution in [-0.4, -0.2) is 47.4 Å². The van der Waals surface area contributed by atoms with E-state index in [9.17, 15) is 9.59 Å². The molecule has 0 aliphatic carbocycles. The first kappa shape index (κ1) is 21.6. The van der Waals surface area contributed by atoms with Crippen LogP contribution >= 0.6 is 11.8 Å². The lowest BCUT2D eigenvalue weighted by Gasteiger charge is -2.46. The maximum atomic E-state index is 12.5. The number of piperidine rings is 1. The number of benzene rings is 1. The van der Waals surface area contributed by atoms with Gasteiger partial charge in [0.15, 0.2) is 0 Å². The number of nitrogens with zero attached hydrogens (tertiary/aromatic N) is 2. The smallest absolute Gasteiger partial charge is 0.410 e. The molecule has 27 heavy (non-hydrogen) atoms. The molecular weight excluding hydrogens is 360 g/mol. The third-order valence-corrected chi connectivity index (χ3v) is 5.47. The molecule has 0 saturated carbocycles. The van der Waals surface area contributed by atoms with Crippen LogP contribution < -0.4 is 4.90 Å². The summed E-state index contributed by atoms with van der Waals surface area (Å²) in [7, 11) is 0. The topological polar surface area (TPSA) is 49.9 Å². The Hall–Kier alpha value is -1.69. The van der Waals surface area contributed by atoms with Gasteiger partial charge in [-0.15, -0.1) is 0 Å². The first-order valence-electron chi connectivity index (χ1n) is 9.42. The van der Waals surface area contributed by atoms with Gasteiger partial charge in [0.05, 0.1) is 0 Å². The molecule has 0 unspecified atom stereocenters. The molecule has 2 rings (SSSR count). The zero-order valence-electron chi connectivity index (χ0n) is 17.4. The molecule has 1 aromatic carbocycles. The highest BCUT2D eigenvalue weighted by Gasteiger charge is 2.40. The summed E-state index contributed by atoms with van der Waals surface area (Å²) in [6.07, 6.45) is 3.24. The molecule has 1 heterocycles. The molecule has 0 radical (unpaired) electrons. The van der Waals surface area contributed by atoms with Crippen molar-refractivity contribution in [2.24, 2.45) is 0 Å². The summed E-state index contributed by atoms with van der Waals surface area (Å²) in [6.45, 7) is 10.5. The van der Waals surface area contributed by atoms with Gasteiger partial charge in [-0.3, -0.25) is 4.79 Å². The number of rotatable bonds is 4. The van der Waals surface area contributed by atoms with E-state index >= 15 is 0 Å². The lowest BCUT2D eigenvalue weighted by Crippen LogP contribution is -2.56. The number of likely N-dealkylation sites (tertiary alicyclic amines) is 1. The van der Waals surface area contributed by atoms with E-state index in [0.717, 1.165) is 24.3 Å². The predicted molar refractivity (Wildman–Crippen MR) is 112 cm³/mol. The van der Waals surface area contributed by atoms with Crippen molar-refractivity contribution in [3.63, 3.8) is 0 Å². The van der Waals surface area contributed by atoms with Crippen LogP contribution in [0.1, 0.15) is 53.0 Å². The van der Waals surface area contributed by atoms with E-state index in [4.69, 9.17) is 4.74 Å². The Balaban J connectivity index is 2.12. The van der Waals surface area contributed by atoms with Crippen molar-refractivity contribution in [3.8, 4) is 0 Å². The number of amides is 2. The maximum Gasteiger partial charge on any atom is 0.410 e. The third kappa shape index (κ3) is 5.64. The minimum atomic E-state index is -0.498. The zero-order chi connectivity index (χ0) is 20.2. The normalized spacial score (nSPS) is 16.7. The van der Waals surface area contributed by atoms with E-state index in [-0.39, 0.29) is 17.5 Å². The predicted octanol–water partition coefficient (Wildman–Crippen LogP) is 4.69. The molecule has 150 valence electrons. The Kier molecular flexibility index (Phi) is 6.84. The highest BCUT2D eigenvalue weighted by molar-refractivity contribution is 7.97. The van der Waals surface area contributed by atoms with E-state index in [2.05, 4.69) is 25.3 Å². The van der Waals surface area contributed by atoms with Crippen molar-refractivity contribution in [2.45, 2.75) is 64.4 Å². The van der Waals surface area contributed by atoms with Gasteiger partial charge in [0.1, 0.15) is 5.60 Å². The number of ether oxygens (including phenoxy) is 1. The van der Waals surface area contributed by atoms with Crippen LogP contribution in [0.2, 0.25) is 0 Å². The van der Waals surface area contributed by atoms with Crippen LogP contribution in [0.25, 0.3) is 0 Å². The van der Waals surface area contributed by atoms with Crippen molar-refractivity contribution in [1.82, 2.24) is 4.90 Å².